The minimum Gasteiger partial charge on any atom is -0.366 e. The lowest BCUT2D eigenvalue weighted by molar-refractivity contribution is 0.439. The van der Waals surface area contributed by atoms with Gasteiger partial charge < -0.3 is 5.32 Å². The number of nitrogens with one attached hydrogen (secondary N) is 2. The van der Waals surface area contributed by atoms with Crippen molar-refractivity contribution in [3.63, 3.8) is 0 Å². The molecule has 2 aliphatic carbocycles. The quantitative estimate of drug-likeness (QED) is 0.593. The van der Waals surface area contributed by atoms with Crippen molar-refractivity contribution in [3.05, 3.63) is 11.4 Å². The van der Waals surface area contributed by atoms with Crippen molar-refractivity contribution in [2.75, 3.05) is 10.7 Å². The molecule has 6 heteroatoms. The van der Waals surface area contributed by atoms with Gasteiger partial charge in [0.2, 0.25) is 5.95 Å². The maximum Gasteiger partial charge on any atom is 0.240 e. The lowest BCUT2D eigenvalue weighted by atomic mass is 9.95. The van der Waals surface area contributed by atoms with Gasteiger partial charge >= 0.3 is 0 Å². The number of fused-ring (bicyclic) bond motifs is 3. The smallest absolute Gasteiger partial charge is 0.240 e. The zero-order valence-corrected chi connectivity index (χ0v) is 11.4. The number of hydrogen-bond acceptors (Lipinski definition) is 6. The van der Waals surface area contributed by atoms with Crippen LogP contribution in [0.4, 0.5) is 11.8 Å². The zero-order chi connectivity index (χ0) is 12.8. The average Bonchev–Trinajstić information content (AvgIpc) is 3.13. The Kier molecular flexibility index (Phi) is 2.60. The van der Waals surface area contributed by atoms with E-state index in [4.69, 9.17) is 5.84 Å². The summed E-state index contributed by atoms with van der Waals surface area (Å²) in [7, 11) is 0. The first-order valence-corrected chi connectivity index (χ1v) is 7.70. The molecule has 4 rings (SSSR count). The maximum absolute atomic E-state index is 5.45. The first-order chi connectivity index (χ1) is 9.33. The minimum atomic E-state index is 0.487. The molecule has 19 heavy (non-hydrogen) atoms. The number of anilines is 2. The highest BCUT2D eigenvalue weighted by Crippen LogP contribution is 2.45. The molecule has 4 N–H and O–H groups in total. The molecule has 0 aliphatic heterocycles. The molecular weight excluding hydrogens is 258 g/mol. The number of nitrogens with zero attached hydrogens (tertiary/aromatic N) is 2. The number of nitrogen functional groups attached to an aromatic ring is 1. The van der Waals surface area contributed by atoms with E-state index in [9.17, 15) is 0 Å². The Morgan fingerprint density at radius 3 is 2.95 bits per heavy atom. The van der Waals surface area contributed by atoms with Gasteiger partial charge in [0.15, 0.2) is 0 Å². The second kappa shape index (κ2) is 4.31. The fraction of sp³-hybridized carbons (Fsp3) is 0.538. The van der Waals surface area contributed by atoms with Crippen LogP contribution in [-0.4, -0.2) is 16.0 Å². The standard InChI is InChI=1S/C13H17N5S/c14-18-13-16-11(9-3-4-19-12(9)17-13)15-10-6-7-1-2-8(10)5-7/h3-4,7-8,10H,1-2,5-6,14H2,(H2,15,16,17,18). The van der Waals surface area contributed by atoms with Crippen molar-refractivity contribution in [2.24, 2.45) is 17.7 Å². The molecule has 2 heterocycles. The molecule has 0 saturated heterocycles. The van der Waals surface area contributed by atoms with Crippen LogP contribution in [0.5, 0.6) is 0 Å². The van der Waals surface area contributed by atoms with Crippen molar-refractivity contribution in [2.45, 2.75) is 31.7 Å². The normalized spacial score (nSPS) is 29.0. The summed E-state index contributed by atoms with van der Waals surface area (Å²) in [6.45, 7) is 0. The Hall–Kier alpha value is -1.40. The van der Waals surface area contributed by atoms with E-state index < -0.39 is 0 Å². The number of rotatable bonds is 3. The summed E-state index contributed by atoms with van der Waals surface area (Å²) in [5.41, 5.74) is 2.55. The minimum absolute atomic E-state index is 0.487. The molecule has 5 nitrogen and oxygen atoms in total. The van der Waals surface area contributed by atoms with Gasteiger partial charge in [0, 0.05) is 6.04 Å². The summed E-state index contributed by atoms with van der Waals surface area (Å²) < 4.78 is 0. The molecule has 2 aromatic heterocycles. The number of hydrogen-bond donors (Lipinski definition) is 3. The molecule has 2 fully saturated rings. The van der Waals surface area contributed by atoms with Crippen LogP contribution in [0.15, 0.2) is 11.4 Å². The Morgan fingerprint density at radius 1 is 1.26 bits per heavy atom. The van der Waals surface area contributed by atoms with E-state index in [1.165, 1.54) is 25.7 Å². The van der Waals surface area contributed by atoms with E-state index in [1.807, 2.05) is 5.38 Å². The van der Waals surface area contributed by atoms with Gasteiger partial charge in [0.05, 0.1) is 5.39 Å². The predicted octanol–water partition coefficient (Wildman–Crippen LogP) is 2.58. The van der Waals surface area contributed by atoms with Crippen molar-refractivity contribution >= 4 is 33.3 Å². The SMILES string of the molecule is NNc1nc(NC2CC3CCC2C3)c2ccsc2n1. The monoisotopic (exact) mass is 275 g/mol. The topological polar surface area (TPSA) is 75.9 Å². The summed E-state index contributed by atoms with van der Waals surface area (Å²) in [5, 5.41) is 6.79. The molecule has 0 amide bonds. The molecule has 0 aromatic carbocycles. The van der Waals surface area contributed by atoms with Gasteiger partial charge in [-0.1, -0.05) is 6.42 Å². The number of nitrogens with two attached hydrogens (primary N) is 1. The third kappa shape index (κ3) is 1.86. The molecular formula is C13H17N5S. The van der Waals surface area contributed by atoms with Crippen LogP contribution in [0.25, 0.3) is 10.2 Å². The van der Waals surface area contributed by atoms with E-state index in [0.29, 0.717) is 12.0 Å². The van der Waals surface area contributed by atoms with Crippen molar-refractivity contribution in [3.8, 4) is 0 Å². The van der Waals surface area contributed by atoms with Gasteiger partial charge in [-0.15, -0.1) is 11.3 Å². The van der Waals surface area contributed by atoms with Crippen LogP contribution in [0.1, 0.15) is 25.7 Å². The number of hydrazine groups is 1. The summed E-state index contributed by atoms with van der Waals surface area (Å²) in [4.78, 5) is 9.84. The second-order valence-electron chi connectivity index (χ2n) is 5.61. The fourth-order valence-electron chi connectivity index (χ4n) is 3.63. The summed E-state index contributed by atoms with van der Waals surface area (Å²) in [6, 6.07) is 2.65. The number of aromatic nitrogens is 2. The Labute approximate surface area is 115 Å². The van der Waals surface area contributed by atoms with Crippen molar-refractivity contribution in [1.29, 1.82) is 0 Å². The summed E-state index contributed by atoms with van der Waals surface area (Å²) >= 11 is 1.62. The fourth-order valence-corrected chi connectivity index (χ4v) is 4.39. The Bertz CT molecular complexity index is 610. The van der Waals surface area contributed by atoms with Gasteiger partial charge in [0.1, 0.15) is 10.6 Å². The van der Waals surface area contributed by atoms with Crippen LogP contribution in [0, 0.1) is 11.8 Å². The van der Waals surface area contributed by atoms with E-state index in [-0.39, 0.29) is 0 Å². The second-order valence-corrected chi connectivity index (χ2v) is 6.50. The zero-order valence-electron chi connectivity index (χ0n) is 10.6. The van der Waals surface area contributed by atoms with Gasteiger partial charge in [-0.2, -0.15) is 4.98 Å². The summed E-state index contributed by atoms with van der Waals surface area (Å²) in [6.07, 6.45) is 5.45. The highest BCUT2D eigenvalue weighted by molar-refractivity contribution is 7.16. The van der Waals surface area contributed by atoms with Crippen molar-refractivity contribution < 1.29 is 0 Å². The molecule has 2 aliphatic rings. The van der Waals surface area contributed by atoms with Crippen LogP contribution in [-0.2, 0) is 0 Å². The molecule has 100 valence electrons. The van der Waals surface area contributed by atoms with Crippen LogP contribution >= 0.6 is 11.3 Å². The molecule has 3 unspecified atom stereocenters. The average molecular weight is 275 g/mol. The van der Waals surface area contributed by atoms with Gasteiger partial charge in [-0.05, 0) is 42.5 Å². The van der Waals surface area contributed by atoms with E-state index in [1.54, 1.807) is 11.3 Å². The molecule has 2 saturated carbocycles. The van der Waals surface area contributed by atoms with Crippen LogP contribution < -0.4 is 16.6 Å². The molecule has 0 spiro atoms. The van der Waals surface area contributed by atoms with Gasteiger partial charge in [-0.25, -0.2) is 10.8 Å². The van der Waals surface area contributed by atoms with E-state index in [0.717, 1.165) is 27.9 Å². The predicted molar refractivity (Wildman–Crippen MR) is 78.1 cm³/mol. The Balaban J connectivity index is 1.68. The third-order valence-corrected chi connectivity index (χ3v) is 5.32. The first kappa shape index (κ1) is 11.4. The van der Waals surface area contributed by atoms with E-state index in [2.05, 4.69) is 26.8 Å². The van der Waals surface area contributed by atoms with Gasteiger partial charge in [-0.3, -0.25) is 5.43 Å². The molecule has 2 aromatic rings. The summed E-state index contributed by atoms with van der Waals surface area (Å²) in [5.74, 6) is 8.61. The van der Waals surface area contributed by atoms with Crippen LogP contribution in [0.2, 0.25) is 0 Å². The molecule has 0 radical (unpaired) electrons. The van der Waals surface area contributed by atoms with Gasteiger partial charge in [0.25, 0.3) is 0 Å². The third-order valence-electron chi connectivity index (χ3n) is 4.51. The lowest BCUT2D eigenvalue weighted by Gasteiger charge is -2.23. The highest BCUT2D eigenvalue weighted by Gasteiger charge is 2.39. The van der Waals surface area contributed by atoms with Crippen molar-refractivity contribution in [1.82, 2.24) is 9.97 Å². The number of thiophene rings is 1. The Morgan fingerprint density at radius 2 is 2.21 bits per heavy atom. The molecule has 3 atom stereocenters. The lowest BCUT2D eigenvalue weighted by Crippen LogP contribution is -2.26. The first-order valence-electron chi connectivity index (χ1n) is 6.82. The highest BCUT2D eigenvalue weighted by atomic mass is 32.1. The largest absolute Gasteiger partial charge is 0.366 e. The van der Waals surface area contributed by atoms with E-state index >= 15 is 0 Å². The van der Waals surface area contributed by atoms with Crippen LogP contribution in [0.3, 0.4) is 0 Å². The molecule has 2 bridgehead atoms. The maximum atomic E-state index is 5.45.